The smallest absolute Gasteiger partial charge is 0.247 e. The molecule has 0 aliphatic carbocycles. The van der Waals surface area contributed by atoms with E-state index >= 15 is 0 Å². The molecule has 0 unspecified atom stereocenters. The molecule has 2 aromatic heterocycles. The first kappa shape index (κ1) is 19.3. The predicted molar refractivity (Wildman–Crippen MR) is 117 cm³/mol. The molecule has 7 heteroatoms. The van der Waals surface area contributed by atoms with E-state index in [1.54, 1.807) is 16.6 Å². The average Bonchev–Trinajstić information content (AvgIpc) is 3.16. The molecule has 0 saturated carbocycles. The van der Waals surface area contributed by atoms with Gasteiger partial charge in [0, 0.05) is 35.8 Å². The van der Waals surface area contributed by atoms with Crippen molar-refractivity contribution < 1.29 is 9.59 Å². The van der Waals surface area contributed by atoms with Gasteiger partial charge in [0.25, 0.3) is 0 Å². The highest BCUT2D eigenvalue weighted by Crippen LogP contribution is 2.24. The van der Waals surface area contributed by atoms with Gasteiger partial charge in [-0.25, -0.2) is 4.52 Å². The monoisotopic (exact) mass is 399 g/mol. The highest BCUT2D eigenvalue weighted by atomic mass is 16.1. The summed E-state index contributed by atoms with van der Waals surface area (Å²) in [4.78, 5) is 27.7. The number of nitrogens with one attached hydrogen (secondary N) is 2. The second-order valence-corrected chi connectivity index (χ2v) is 6.86. The molecule has 1 amide bonds. The highest BCUT2D eigenvalue weighted by Gasteiger charge is 2.10. The van der Waals surface area contributed by atoms with E-state index in [0.717, 1.165) is 22.6 Å². The summed E-state index contributed by atoms with van der Waals surface area (Å²) < 4.78 is 1.75. The van der Waals surface area contributed by atoms with E-state index in [4.69, 9.17) is 0 Å². The largest absolute Gasteiger partial charge is 0.326 e. The van der Waals surface area contributed by atoms with E-state index in [1.807, 2.05) is 61.5 Å². The summed E-state index contributed by atoms with van der Waals surface area (Å²) in [5, 5.41) is 10.6. The van der Waals surface area contributed by atoms with Crippen molar-refractivity contribution in [3.8, 4) is 11.3 Å². The van der Waals surface area contributed by atoms with Crippen molar-refractivity contribution in [3.05, 3.63) is 72.3 Å². The molecule has 0 aliphatic rings. The summed E-state index contributed by atoms with van der Waals surface area (Å²) in [5.74, 6) is 0.442. The number of hydrogen-bond donors (Lipinski definition) is 2. The quantitative estimate of drug-likeness (QED) is 0.459. The lowest BCUT2D eigenvalue weighted by Gasteiger charge is -2.07. The van der Waals surface area contributed by atoms with Crippen molar-refractivity contribution in [3.63, 3.8) is 0 Å². The van der Waals surface area contributed by atoms with Gasteiger partial charge in [0.15, 0.2) is 11.4 Å². The molecule has 2 heterocycles. The average molecular weight is 399 g/mol. The lowest BCUT2D eigenvalue weighted by Crippen LogP contribution is -2.05. The Balaban J connectivity index is 1.64. The molecule has 4 rings (SSSR count). The van der Waals surface area contributed by atoms with Gasteiger partial charge in [0.1, 0.15) is 0 Å². The van der Waals surface area contributed by atoms with E-state index in [0.29, 0.717) is 23.6 Å². The Morgan fingerprint density at radius 1 is 0.967 bits per heavy atom. The van der Waals surface area contributed by atoms with Crippen LogP contribution < -0.4 is 10.6 Å². The zero-order valence-corrected chi connectivity index (χ0v) is 16.7. The molecule has 7 nitrogen and oxygen atoms in total. The fourth-order valence-corrected chi connectivity index (χ4v) is 3.21. The number of benzene rings is 2. The highest BCUT2D eigenvalue weighted by molar-refractivity contribution is 5.96. The maximum atomic E-state index is 11.8. The Morgan fingerprint density at radius 3 is 2.47 bits per heavy atom. The summed E-state index contributed by atoms with van der Waals surface area (Å²) in [6, 6.07) is 20.6. The third-order valence-corrected chi connectivity index (χ3v) is 4.62. The van der Waals surface area contributed by atoms with E-state index in [2.05, 4.69) is 20.7 Å². The lowest BCUT2D eigenvalue weighted by molar-refractivity contribution is -0.114. The lowest BCUT2D eigenvalue weighted by atomic mass is 10.1. The molecule has 0 saturated heterocycles. The molecule has 0 atom stereocenters. The first-order chi connectivity index (χ1) is 14.5. The minimum absolute atomic E-state index is 0.110. The number of aromatic nitrogens is 3. The number of Topliss-reactive ketones (excluding diaryl/α,β-unsaturated/α-hetero) is 1. The fourth-order valence-electron chi connectivity index (χ4n) is 3.21. The molecule has 30 heavy (non-hydrogen) atoms. The van der Waals surface area contributed by atoms with Gasteiger partial charge in [-0.3, -0.25) is 9.59 Å². The number of pyridine rings is 1. The van der Waals surface area contributed by atoms with Gasteiger partial charge in [-0.15, -0.1) is 5.10 Å². The SMILES string of the molecule is CCC(=O)c1ccc(Nc2nc3cccc(-c4cccc(NC(C)=O)c4)n3n2)cc1. The molecule has 2 aromatic carbocycles. The van der Waals surface area contributed by atoms with Crippen LogP contribution in [-0.4, -0.2) is 26.3 Å². The minimum atomic E-state index is -0.121. The molecular formula is C23H21N5O2. The number of fused-ring (bicyclic) bond motifs is 1. The van der Waals surface area contributed by atoms with Gasteiger partial charge in [0.05, 0.1) is 5.69 Å². The van der Waals surface area contributed by atoms with Crippen molar-refractivity contribution in [1.82, 2.24) is 14.6 Å². The zero-order chi connectivity index (χ0) is 21.1. The molecule has 0 bridgehead atoms. The second kappa shape index (κ2) is 8.16. The third-order valence-electron chi connectivity index (χ3n) is 4.62. The van der Waals surface area contributed by atoms with Gasteiger partial charge in [-0.2, -0.15) is 4.98 Å². The van der Waals surface area contributed by atoms with Crippen LogP contribution in [0.3, 0.4) is 0 Å². The Labute approximate surface area is 173 Å². The molecular weight excluding hydrogens is 378 g/mol. The number of carbonyl (C=O) groups is 2. The van der Waals surface area contributed by atoms with Crippen LogP contribution in [0.1, 0.15) is 30.6 Å². The van der Waals surface area contributed by atoms with Crippen molar-refractivity contribution in [2.45, 2.75) is 20.3 Å². The molecule has 4 aromatic rings. The molecule has 2 N–H and O–H groups in total. The van der Waals surface area contributed by atoms with E-state index < -0.39 is 0 Å². The molecule has 0 aliphatic heterocycles. The summed E-state index contributed by atoms with van der Waals surface area (Å²) in [6.45, 7) is 3.33. The topological polar surface area (TPSA) is 88.4 Å². The Morgan fingerprint density at radius 2 is 1.73 bits per heavy atom. The van der Waals surface area contributed by atoms with Crippen LogP contribution in [0.25, 0.3) is 16.9 Å². The van der Waals surface area contributed by atoms with Crippen LogP contribution in [-0.2, 0) is 4.79 Å². The fraction of sp³-hybridized carbons (Fsp3) is 0.130. The third kappa shape index (κ3) is 4.05. The van der Waals surface area contributed by atoms with Crippen molar-refractivity contribution >= 4 is 34.7 Å². The Hall–Kier alpha value is -4.00. The number of ketones is 1. The Bertz CT molecular complexity index is 1230. The normalized spacial score (nSPS) is 10.7. The first-order valence-corrected chi connectivity index (χ1v) is 9.67. The van der Waals surface area contributed by atoms with Crippen LogP contribution in [0.15, 0.2) is 66.7 Å². The zero-order valence-electron chi connectivity index (χ0n) is 16.7. The van der Waals surface area contributed by atoms with Crippen molar-refractivity contribution in [2.75, 3.05) is 10.6 Å². The van der Waals surface area contributed by atoms with Crippen molar-refractivity contribution in [2.24, 2.45) is 0 Å². The number of hydrogen-bond acceptors (Lipinski definition) is 5. The number of nitrogens with zero attached hydrogens (tertiary/aromatic N) is 3. The standard InChI is InChI=1S/C23H21N5O2/c1-3-21(30)16-10-12-18(13-11-16)25-23-26-22-9-5-8-20(28(22)27-23)17-6-4-7-19(14-17)24-15(2)29/h4-14H,3H2,1-2H3,(H,24,29)(H,25,27). The predicted octanol–water partition coefficient (Wildman–Crippen LogP) is 4.69. The van der Waals surface area contributed by atoms with Gasteiger partial charge in [-0.1, -0.05) is 25.1 Å². The second-order valence-electron chi connectivity index (χ2n) is 6.86. The molecule has 0 spiro atoms. The van der Waals surface area contributed by atoms with Gasteiger partial charge < -0.3 is 10.6 Å². The van der Waals surface area contributed by atoms with Gasteiger partial charge in [-0.05, 0) is 48.5 Å². The van der Waals surface area contributed by atoms with Crippen LogP contribution in [0.5, 0.6) is 0 Å². The van der Waals surface area contributed by atoms with Gasteiger partial charge in [0.2, 0.25) is 11.9 Å². The number of anilines is 3. The molecule has 0 radical (unpaired) electrons. The van der Waals surface area contributed by atoms with E-state index in [1.165, 1.54) is 6.92 Å². The van der Waals surface area contributed by atoms with Crippen molar-refractivity contribution in [1.29, 1.82) is 0 Å². The summed E-state index contributed by atoms with van der Waals surface area (Å²) >= 11 is 0. The van der Waals surface area contributed by atoms with Crippen LogP contribution >= 0.6 is 0 Å². The summed E-state index contributed by atoms with van der Waals surface area (Å²) in [6.07, 6.45) is 0.479. The van der Waals surface area contributed by atoms with Crippen LogP contribution in [0.2, 0.25) is 0 Å². The van der Waals surface area contributed by atoms with Crippen LogP contribution in [0, 0.1) is 0 Å². The number of rotatable bonds is 6. The first-order valence-electron chi connectivity index (χ1n) is 9.67. The Kier molecular flexibility index (Phi) is 5.26. The molecule has 150 valence electrons. The summed E-state index contributed by atoms with van der Waals surface area (Å²) in [7, 11) is 0. The maximum Gasteiger partial charge on any atom is 0.247 e. The number of amides is 1. The van der Waals surface area contributed by atoms with Gasteiger partial charge >= 0.3 is 0 Å². The minimum Gasteiger partial charge on any atom is -0.326 e. The number of carbonyl (C=O) groups excluding carboxylic acids is 2. The molecule has 0 fully saturated rings. The maximum absolute atomic E-state index is 11.8. The summed E-state index contributed by atoms with van der Waals surface area (Å²) in [5.41, 5.74) is 4.66. The van der Waals surface area contributed by atoms with Crippen LogP contribution in [0.4, 0.5) is 17.3 Å². The van der Waals surface area contributed by atoms with E-state index in [9.17, 15) is 9.59 Å². The van der Waals surface area contributed by atoms with E-state index in [-0.39, 0.29) is 11.7 Å².